The summed E-state index contributed by atoms with van der Waals surface area (Å²) in [5.74, 6) is 0. The van der Waals surface area contributed by atoms with Crippen molar-refractivity contribution in [2.24, 2.45) is 0 Å². The summed E-state index contributed by atoms with van der Waals surface area (Å²) in [6.45, 7) is 17.2. The molecule has 0 aliphatic heterocycles. The van der Waals surface area contributed by atoms with Crippen LogP contribution in [-0.2, 0) is 0 Å². The summed E-state index contributed by atoms with van der Waals surface area (Å²) in [4.78, 5) is 0. The van der Waals surface area contributed by atoms with Crippen molar-refractivity contribution in [2.45, 2.75) is 55.4 Å². The zero-order chi connectivity index (χ0) is 46.5. The van der Waals surface area contributed by atoms with E-state index in [0.717, 1.165) is 0 Å². The first-order valence-corrected chi connectivity index (χ1v) is 22.9. The molecule has 322 valence electrons. The van der Waals surface area contributed by atoms with Gasteiger partial charge in [-0.05, 0) is 158 Å². The van der Waals surface area contributed by atoms with E-state index in [1.807, 2.05) is 0 Å². The first kappa shape index (κ1) is 44.9. The molecule has 0 heteroatoms. The lowest BCUT2D eigenvalue weighted by Gasteiger charge is -2.07. The number of aryl methyl sites for hydroxylation is 8. The highest BCUT2D eigenvalue weighted by Crippen LogP contribution is 2.31. The van der Waals surface area contributed by atoms with Crippen LogP contribution in [0.3, 0.4) is 0 Å². The second-order valence-electron chi connectivity index (χ2n) is 17.9. The molecule has 0 unspecified atom stereocenters. The van der Waals surface area contributed by atoms with E-state index in [0.29, 0.717) is 0 Å². The molecule has 12 aromatic rings. The molecule has 0 spiro atoms. The van der Waals surface area contributed by atoms with Crippen LogP contribution in [0.1, 0.15) is 44.5 Å². The molecule has 0 amide bonds. The molecule has 0 radical (unpaired) electrons. The van der Waals surface area contributed by atoms with Crippen molar-refractivity contribution in [1.82, 2.24) is 0 Å². The Labute approximate surface area is 391 Å². The highest BCUT2D eigenvalue weighted by molar-refractivity contribution is 6.11. The normalized spacial score (nSPS) is 10.8. The van der Waals surface area contributed by atoms with Gasteiger partial charge in [0.1, 0.15) is 0 Å². The predicted octanol–water partition coefficient (Wildman–Crippen LogP) is 18.7. The Morgan fingerprint density at radius 2 is 0.439 bits per heavy atom. The lowest BCUT2D eigenvalue weighted by Crippen LogP contribution is -1.82. The maximum atomic E-state index is 4.00. The average molecular weight is 851 g/mol. The topological polar surface area (TPSA) is 0 Å². The van der Waals surface area contributed by atoms with Crippen LogP contribution in [0.15, 0.2) is 194 Å². The summed E-state index contributed by atoms with van der Waals surface area (Å²) in [5, 5.41) is 21.6. The molecule has 0 aliphatic rings. The third-order valence-corrected chi connectivity index (χ3v) is 12.9. The van der Waals surface area contributed by atoms with Crippen LogP contribution >= 0.6 is 0 Å². The third kappa shape index (κ3) is 9.40. The van der Waals surface area contributed by atoms with Crippen LogP contribution in [0.4, 0.5) is 0 Å². The summed E-state index contributed by atoms with van der Waals surface area (Å²) < 4.78 is 0. The lowest BCUT2D eigenvalue weighted by molar-refractivity contribution is 1.50. The molecule has 66 heavy (non-hydrogen) atoms. The van der Waals surface area contributed by atoms with Crippen molar-refractivity contribution in [3.63, 3.8) is 0 Å². The number of fused-ring (bicyclic) bond motifs is 12. The molecule has 0 fully saturated rings. The fraction of sp³-hybridized carbons (Fsp3) is 0.121. The van der Waals surface area contributed by atoms with Crippen molar-refractivity contribution >= 4 is 86.2 Å². The maximum absolute atomic E-state index is 4.00. The SMILES string of the molecule is C#C.Cc1ccc2c(ccc3cc(C)ccc32)c1.Cc1ccc2ccc3c(C)cccc3c2c1.Cc1ccc2ccc3ccc(C)cc3c2c1.Cc1cccc2c1ccc1c(C)cccc12. The Hall–Kier alpha value is -7.72. The van der Waals surface area contributed by atoms with Crippen molar-refractivity contribution in [3.8, 4) is 12.8 Å². The first-order valence-electron chi connectivity index (χ1n) is 22.9. The van der Waals surface area contributed by atoms with Gasteiger partial charge in [0, 0.05) is 0 Å². The van der Waals surface area contributed by atoms with Gasteiger partial charge in [0.15, 0.2) is 0 Å². The summed E-state index contributed by atoms with van der Waals surface area (Å²) in [5.41, 5.74) is 10.6. The van der Waals surface area contributed by atoms with E-state index in [1.54, 1.807) is 0 Å². The van der Waals surface area contributed by atoms with Crippen LogP contribution in [0.2, 0.25) is 0 Å². The minimum atomic E-state index is 1.32. The zero-order valence-corrected chi connectivity index (χ0v) is 39.6. The molecule has 0 bridgehead atoms. The van der Waals surface area contributed by atoms with E-state index in [9.17, 15) is 0 Å². The molecule has 0 aromatic heterocycles. The summed E-state index contributed by atoms with van der Waals surface area (Å²) in [7, 11) is 0. The third-order valence-electron chi connectivity index (χ3n) is 12.9. The molecule has 0 N–H and O–H groups in total. The number of rotatable bonds is 0. The van der Waals surface area contributed by atoms with Gasteiger partial charge in [0.25, 0.3) is 0 Å². The van der Waals surface area contributed by atoms with Crippen LogP contribution in [0, 0.1) is 68.2 Å². The van der Waals surface area contributed by atoms with E-state index in [4.69, 9.17) is 0 Å². The van der Waals surface area contributed by atoms with Crippen LogP contribution < -0.4 is 0 Å². The van der Waals surface area contributed by atoms with Gasteiger partial charge in [0.05, 0.1) is 0 Å². The quantitative estimate of drug-likeness (QED) is 0.105. The van der Waals surface area contributed by atoms with Gasteiger partial charge in [-0.15, -0.1) is 12.8 Å². The first-order chi connectivity index (χ1) is 32.0. The number of terminal acetylenes is 1. The molecule has 0 aliphatic carbocycles. The van der Waals surface area contributed by atoms with Gasteiger partial charge < -0.3 is 0 Å². The minimum absolute atomic E-state index is 1.32. The zero-order valence-electron chi connectivity index (χ0n) is 39.6. The molecular formula is C66H58. The molecular weight excluding hydrogens is 793 g/mol. The average Bonchev–Trinajstić information content (AvgIpc) is 3.33. The molecule has 0 saturated carbocycles. The Kier molecular flexibility index (Phi) is 13.3. The summed E-state index contributed by atoms with van der Waals surface area (Å²) in [6, 6.07) is 70.5. The Bertz CT molecular complexity index is 3440. The van der Waals surface area contributed by atoms with Gasteiger partial charge in [-0.1, -0.05) is 222 Å². The standard InChI is InChI=1S/4C16H14.C2H2/c1-11-3-7-15-13(9-11)5-6-14-10-12(2)4-8-16(14)15;1-11-3-5-13-7-8-14-6-4-12(2)10-16(14)15(13)9-11;1-11-5-3-7-15-13(11)9-10-14-12(2)6-4-8-16(14)15;1-11-6-7-13-8-9-14-12(2)4-3-5-15(14)16(13)10-11;1-2/h4*3-10H,1-2H3;1-2H. The van der Waals surface area contributed by atoms with E-state index in [1.165, 1.54) is 131 Å². The van der Waals surface area contributed by atoms with E-state index < -0.39 is 0 Å². The van der Waals surface area contributed by atoms with Gasteiger partial charge >= 0.3 is 0 Å². The molecule has 0 heterocycles. The molecule has 0 saturated heterocycles. The van der Waals surface area contributed by atoms with Gasteiger partial charge in [-0.2, -0.15) is 0 Å². The Balaban J connectivity index is 0.000000118. The summed E-state index contributed by atoms with van der Waals surface area (Å²) in [6.07, 6.45) is 8.00. The van der Waals surface area contributed by atoms with E-state index >= 15 is 0 Å². The van der Waals surface area contributed by atoms with E-state index in [-0.39, 0.29) is 0 Å². The van der Waals surface area contributed by atoms with Gasteiger partial charge in [-0.3, -0.25) is 0 Å². The fourth-order valence-corrected chi connectivity index (χ4v) is 9.39. The number of benzene rings is 12. The van der Waals surface area contributed by atoms with Crippen molar-refractivity contribution in [3.05, 3.63) is 239 Å². The molecule has 12 aromatic carbocycles. The van der Waals surface area contributed by atoms with Crippen LogP contribution in [0.25, 0.3) is 86.2 Å². The number of hydrogen-bond acceptors (Lipinski definition) is 0. The van der Waals surface area contributed by atoms with Gasteiger partial charge in [0.2, 0.25) is 0 Å². The summed E-state index contributed by atoms with van der Waals surface area (Å²) >= 11 is 0. The minimum Gasteiger partial charge on any atom is -0.124 e. The highest BCUT2D eigenvalue weighted by atomic mass is 14.1. The number of hydrogen-bond donors (Lipinski definition) is 0. The van der Waals surface area contributed by atoms with E-state index in [2.05, 4.69) is 262 Å². The maximum Gasteiger partial charge on any atom is -0.0103 e. The van der Waals surface area contributed by atoms with Crippen molar-refractivity contribution < 1.29 is 0 Å². The monoisotopic (exact) mass is 850 g/mol. The molecule has 12 rings (SSSR count). The second kappa shape index (κ2) is 19.6. The van der Waals surface area contributed by atoms with Crippen molar-refractivity contribution in [1.29, 1.82) is 0 Å². The second-order valence-corrected chi connectivity index (χ2v) is 17.9. The Morgan fingerprint density at radius 3 is 0.818 bits per heavy atom. The Morgan fingerprint density at radius 1 is 0.197 bits per heavy atom. The fourth-order valence-electron chi connectivity index (χ4n) is 9.39. The predicted molar refractivity (Wildman–Crippen MR) is 294 cm³/mol. The molecule has 0 atom stereocenters. The largest absolute Gasteiger partial charge is 0.124 e. The van der Waals surface area contributed by atoms with Crippen LogP contribution in [-0.4, -0.2) is 0 Å². The van der Waals surface area contributed by atoms with Crippen LogP contribution in [0.5, 0.6) is 0 Å². The van der Waals surface area contributed by atoms with Crippen molar-refractivity contribution in [2.75, 3.05) is 0 Å². The molecule has 0 nitrogen and oxygen atoms in total. The lowest BCUT2D eigenvalue weighted by atomic mass is 9.97. The smallest absolute Gasteiger partial charge is 0.0103 e. The highest BCUT2D eigenvalue weighted by Gasteiger charge is 2.05. The van der Waals surface area contributed by atoms with Gasteiger partial charge in [-0.25, -0.2) is 0 Å².